The van der Waals surface area contributed by atoms with E-state index in [0.717, 1.165) is 30.6 Å². The molecule has 0 N–H and O–H groups in total. The van der Waals surface area contributed by atoms with Crippen LogP contribution in [-0.2, 0) is 6.54 Å². The Morgan fingerprint density at radius 1 is 1.00 bits per heavy atom. The van der Waals surface area contributed by atoms with Gasteiger partial charge >= 0.3 is 0 Å². The molecule has 0 aliphatic rings. The molecular weight excluding hydrogens is 222 g/mol. The Balaban J connectivity index is 2.26. The number of aldehydes is 1. The lowest BCUT2D eigenvalue weighted by molar-refractivity contribution is 0.112. The molecule has 0 saturated carbocycles. The van der Waals surface area contributed by atoms with Crippen LogP contribution in [0, 0.1) is 0 Å². The highest BCUT2D eigenvalue weighted by molar-refractivity contribution is 5.84. The van der Waals surface area contributed by atoms with E-state index in [9.17, 15) is 4.79 Å². The maximum Gasteiger partial charge on any atom is 0.152 e. The van der Waals surface area contributed by atoms with E-state index < -0.39 is 0 Å². The number of nitrogens with zero attached hydrogens (tertiary/aromatic N) is 1. The number of benzene rings is 2. The van der Waals surface area contributed by atoms with Crippen LogP contribution >= 0.6 is 0 Å². The largest absolute Gasteiger partial charge is 0.367 e. The van der Waals surface area contributed by atoms with Gasteiger partial charge in [-0.25, -0.2) is 0 Å². The second kappa shape index (κ2) is 6.01. The molecule has 2 heteroatoms. The van der Waals surface area contributed by atoms with Gasteiger partial charge in [0.05, 0.1) is 0 Å². The zero-order chi connectivity index (χ0) is 12.8. The molecule has 0 aromatic heterocycles. The van der Waals surface area contributed by atoms with Crippen molar-refractivity contribution in [3.63, 3.8) is 0 Å². The molecule has 92 valence electrons. The fourth-order valence-electron chi connectivity index (χ4n) is 2.05. The van der Waals surface area contributed by atoms with E-state index in [-0.39, 0.29) is 0 Å². The van der Waals surface area contributed by atoms with Crippen molar-refractivity contribution in [2.24, 2.45) is 0 Å². The molecule has 0 saturated heterocycles. The smallest absolute Gasteiger partial charge is 0.152 e. The summed E-state index contributed by atoms with van der Waals surface area (Å²) in [5.41, 5.74) is 2.99. The zero-order valence-corrected chi connectivity index (χ0v) is 10.5. The van der Waals surface area contributed by atoms with Crippen LogP contribution in [0.1, 0.15) is 22.8 Å². The second-order valence-corrected chi connectivity index (χ2v) is 4.18. The summed E-state index contributed by atoms with van der Waals surface area (Å²) in [6.07, 6.45) is 0.920. The molecule has 0 aliphatic carbocycles. The molecule has 0 fully saturated rings. The fourth-order valence-corrected chi connectivity index (χ4v) is 2.05. The van der Waals surface area contributed by atoms with Crippen LogP contribution in [0.4, 0.5) is 5.69 Å². The molecule has 0 unspecified atom stereocenters. The lowest BCUT2D eigenvalue weighted by Gasteiger charge is -2.24. The number of carbonyl (C=O) groups excluding carboxylic acids is 1. The van der Waals surface area contributed by atoms with Crippen molar-refractivity contribution < 1.29 is 4.79 Å². The molecule has 0 aliphatic heterocycles. The Bertz CT molecular complexity index is 508. The monoisotopic (exact) mass is 239 g/mol. The number of anilines is 1. The summed E-state index contributed by atoms with van der Waals surface area (Å²) in [6, 6.07) is 18.0. The van der Waals surface area contributed by atoms with Gasteiger partial charge in [0.25, 0.3) is 0 Å². The summed E-state index contributed by atoms with van der Waals surface area (Å²) in [5, 5.41) is 0. The molecule has 0 atom stereocenters. The first kappa shape index (κ1) is 12.4. The highest BCUT2D eigenvalue weighted by atomic mass is 16.1. The van der Waals surface area contributed by atoms with Crippen molar-refractivity contribution >= 4 is 12.0 Å². The van der Waals surface area contributed by atoms with Crippen molar-refractivity contribution in [1.82, 2.24) is 0 Å². The van der Waals surface area contributed by atoms with E-state index in [0.29, 0.717) is 0 Å². The van der Waals surface area contributed by atoms with Crippen LogP contribution in [0.5, 0.6) is 0 Å². The van der Waals surface area contributed by atoms with Crippen LogP contribution in [0.3, 0.4) is 0 Å². The Morgan fingerprint density at radius 3 is 2.33 bits per heavy atom. The van der Waals surface area contributed by atoms with Crippen molar-refractivity contribution in [1.29, 1.82) is 0 Å². The van der Waals surface area contributed by atoms with Gasteiger partial charge in [-0.15, -0.1) is 0 Å². The molecule has 2 rings (SSSR count). The predicted molar refractivity (Wildman–Crippen MR) is 75.0 cm³/mol. The summed E-state index contributed by atoms with van der Waals surface area (Å²) in [5.74, 6) is 0. The molecule has 0 heterocycles. The molecular formula is C16H17NO. The number of para-hydroxylation sites is 1. The summed E-state index contributed by atoms with van der Waals surface area (Å²) in [6.45, 7) is 3.80. The van der Waals surface area contributed by atoms with Crippen LogP contribution in [0.2, 0.25) is 0 Å². The third kappa shape index (κ3) is 2.77. The molecule has 0 amide bonds. The van der Waals surface area contributed by atoms with Crippen LogP contribution < -0.4 is 4.90 Å². The molecule has 2 nitrogen and oxygen atoms in total. The van der Waals surface area contributed by atoms with Crippen LogP contribution in [0.15, 0.2) is 54.6 Å². The number of hydrogen-bond acceptors (Lipinski definition) is 2. The Labute approximate surface area is 108 Å². The van der Waals surface area contributed by atoms with Crippen LogP contribution in [0.25, 0.3) is 0 Å². The molecule has 0 bridgehead atoms. The zero-order valence-electron chi connectivity index (χ0n) is 10.5. The van der Waals surface area contributed by atoms with Gasteiger partial charge in [0, 0.05) is 24.3 Å². The van der Waals surface area contributed by atoms with E-state index in [4.69, 9.17) is 0 Å². The van der Waals surface area contributed by atoms with E-state index in [1.165, 1.54) is 5.56 Å². The molecule has 0 spiro atoms. The average Bonchev–Trinajstić information content (AvgIpc) is 2.46. The summed E-state index contributed by atoms with van der Waals surface area (Å²) in [7, 11) is 0. The minimum Gasteiger partial charge on any atom is -0.367 e. The second-order valence-electron chi connectivity index (χ2n) is 4.18. The van der Waals surface area contributed by atoms with Crippen molar-refractivity contribution in [2.45, 2.75) is 13.5 Å². The molecule has 2 aromatic rings. The van der Waals surface area contributed by atoms with Crippen LogP contribution in [-0.4, -0.2) is 12.8 Å². The first-order valence-electron chi connectivity index (χ1n) is 6.18. The highest BCUT2D eigenvalue weighted by Crippen LogP contribution is 2.20. The SMILES string of the molecule is CCN(Cc1ccccc1)c1ccccc1C=O. The maximum atomic E-state index is 11.1. The van der Waals surface area contributed by atoms with Gasteiger partial charge in [0.2, 0.25) is 0 Å². The normalized spacial score (nSPS) is 10.1. The number of carbonyl (C=O) groups is 1. The minimum absolute atomic E-state index is 0.746. The first-order valence-corrected chi connectivity index (χ1v) is 6.18. The molecule has 2 aromatic carbocycles. The summed E-state index contributed by atoms with van der Waals surface area (Å²) in [4.78, 5) is 13.3. The Kier molecular flexibility index (Phi) is 4.13. The Morgan fingerprint density at radius 2 is 1.67 bits per heavy atom. The standard InChI is InChI=1S/C16H17NO/c1-2-17(12-14-8-4-3-5-9-14)16-11-7-6-10-15(16)13-18/h3-11,13H,2,12H2,1H3. The van der Waals surface area contributed by atoms with Gasteiger partial charge in [-0.3, -0.25) is 4.79 Å². The maximum absolute atomic E-state index is 11.1. The lowest BCUT2D eigenvalue weighted by atomic mass is 10.1. The van der Waals surface area contributed by atoms with E-state index in [1.807, 2.05) is 42.5 Å². The molecule has 0 radical (unpaired) electrons. The average molecular weight is 239 g/mol. The van der Waals surface area contributed by atoms with E-state index in [2.05, 4.69) is 24.0 Å². The third-order valence-electron chi connectivity index (χ3n) is 3.00. The van der Waals surface area contributed by atoms with Gasteiger partial charge in [0.15, 0.2) is 6.29 Å². The van der Waals surface area contributed by atoms with Gasteiger partial charge in [0.1, 0.15) is 0 Å². The van der Waals surface area contributed by atoms with E-state index in [1.54, 1.807) is 0 Å². The topological polar surface area (TPSA) is 20.3 Å². The van der Waals surface area contributed by atoms with Gasteiger partial charge in [-0.1, -0.05) is 42.5 Å². The quantitative estimate of drug-likeness (QED) is 0.744. The summed E-state index contributed by atoms with van der Waals surface area (Å²) >= 11 is 0. The number of hydrogen-bond donors (Lipinski definition) is 0. The van der Waals surface area contributed by atoms with Gasteiger partial charge in [-0.2, -0.15) is 0 Å². The number of rotatable bonds is 5. The third-order valence-corrected chi connectivity index (χ3v) is 3.00. The fraction of sp³-hybridized carbons (Fsp3) is 0.188. The predicted octanol–water partition coefficient (Wildman–Crippen LogP) is 3.53. The van der Waals surface area contributed by atoms with Gasteiger partial charge < -0.3 is 4.90 Å². The highest BCUT2D eigenvalue weighted by Gasteiger charge is 2.08. The summed E-state index contributed by atoms with van der Waals surface area (Å²) < 4.78 is 0. The minimum atomic E-state index is 0.746. The van der Waals surface area contributed by atoms with Crippen molar-refractivity contribution in [2.75, 3.05) is 11.4 Å². The lowest BCUT2D eigenvalue weighted by Crippen LogP contribution is -2.23. The molecule has 18 heavy (non-hydrogen) atoms. The van der Waals surface area contributed by atoms with Crippen molar-refractivity contribution in [3.05, 3.63) is 65.7 Å². The van der Waals surface area contributed by atoms with Gasteiger partial charge in [-0.05, 0) is 24.6 Å². The first-order chi connectivity index (χ1) is 8.85. The van der Waals surface area contributed by atoms with E-state index >= 15 is 0 Å². The van der Waals surface area contributed by atoms with Crippen molar-refractivity contribution in [3.8, 4) is 0 Å². The Hall–Kier alpha value is -2.09.